The van der Waals surface area contributed by atoms with Gasteiger partial charge in [0.05, 0.1) is 12.8 Å². The number of aromatic nitrogens is 1. The third-order valence-corrected chi connectivity index (χ3v) is 4.45. The van der Waals surface area contributed by atoms with Crippen molar-refractivity contribution in [1.29, 1.82) is 0 Å². The van der Waals surface area contributed by atoms with E-state index in [1.807, 2.05) is 38.1 Å². The van der Waals surface area contributed by atoms with E-state index in [4.69, 9.17) is 4.74 Å². The van der Waals surface area contributed by atoms with E-state index in [2.05, 4.69) is 17.2 Å². The van der Waals surface area contributed by atoms with Crippen LogP contribution < -0.4 is 10.1 Å². The second-order valence-corrected chi connectivity index (χ2v) is 6.53. The molecule has 0 radical (unpaired) electrons. The summed E-state index contributed by atoms with van der Waals surface area (Å²) in [7, 11) is 1.65. The zero-order chi connectivity index (χ0) is 16.1. The Morgan fingerprint density at radius 2 is 2.05 bits per heavy atom. The highest BCUT2D eigenvalue weighted by molar-refractivity contribution is 7.16. The molecule has 4 nitrogen and oxygen atoms in total. The van der Waals surface area contributed by atoms with E-state index in [-0.39, 0.29) is 11.8 Å². The number of hydrogen-bond acceptors (Lipinski definition) is 4. The van der Waals surface area contributed by atoms with Crippen LogP contribution in [0.3, 0.4) is 0 Å². The van der Waals surface area contributed by atoms with Crippen LogP contribution in [0, 0.1) is 12.8 Å². The van der Waals surface area contributed by atoms with Gasteiger partial charge < -0.3 is 10.1 Å². The molecule has 1 amide bonds. The van der Waals surface area contributed by atoms with E-state index in [1.54, 1.807) is 7.11 Å². The molecule has 2 rings (SSSR count). The minimum atomic E-state index is 0.0126. The number of methoxy groups -OCH3 is 1. The van der Waals surface area contributed by atoms with Gasteiger partial charge >= 0.3 is 0 Å². The van der Waals surface area contributed by atoms with Gasteiger partial charge in [-0.3, -0.25) is 4.79 Å². The number of rotatable bonds is 6. The van der Waals surface area contributed by atoms with E-state index in [9.17, 15) is 4.79 Å². The lowest BCUT2D eigenvalue weighted by Crippen LogP contribution is -2.20. The van der Waals surface area contributed by atoms with Gasteiger partial charge in [-0.1, -0.05) is 20.3 Å². The number of nitrogens with one attached hydrogen (secondary N) is 1. The molecule has 0 aliphatic rings. The van der Waals surface area contributed by atoms with Crippen LogP contribution >= 0.6 is 11.3 Å². The van der Waals surface area contributed by atoms with Gasteiger partial charge in [-0.25, -0.2) is 4.98 Å². The smallest absolute Gasteiger partial charge is 0.228 e. The van der Waals surface area contributed by atoms with Gasteiger partial charge in [0.15, 0.2) is 5.13 Å². The molecule has 22 heavy (non-hydrogen) atoms. The molecule has 0 bridgehead atoms. The first-order chi connectivity index (χ1) is 10.5. The number of benzene rings is 1. The molecule has 1 unspecified atom stereocenters. The quantitative estimate of drug-likeness (QED) is 0.853. The SMILES string of the molecule is CCCC(C)C(=O)Nc1nc(-c2ccc(OC)cc2)c(C)s1. The number of aryl methyl sites for hydroxylation is 1. The Kier molecular flexibility index (Phi) is 5.55. The Hall–Kier alpha value is -1.88. The van der Waals surface area contributed by atoms with Gasteiger partial charge in [-0.2, -0.15) is 0 Å². The lowest BCUT2D eigenvalue weighted by molar-refractivity contribution is -0.119. The van der Waals surface area contributed by atoms with E-state index in [1.165, 1.54) is 11.3 Å². The Bertz CT molecular complexity index is 635. The van der Waals surface area contributed by atoms with Gasteiger partial charge in [0, 0.05) is 16.4 Å². The molecule has 0 spiro atoms. The molecule has 5 heteroatoms. The fourth-order valence-electron chi connectivity index (χ4n) is 2.26. The molecule has 0 saturated heterocycles. The van der Waals surface area contributed by atoms with Crippen LogP contribution in [-0.2, 0) is 4.79 Å². The third-order valence-electron chi connectivity index (χ3n) is 3.56. The lowest BCUT2D eigenvalue weighted by Gasteiger charge is -2.08. The fourth-order valence-corrected chi connectivity index (χ4v) is 3.10. The molecule has 0 fully saturated rings. The van der Waals surface area contributed by atoms with Crippen LogP contribution in [0.2, 0.25) is 0 Å². The molecule has 1 N–H and O–H groups in total. The molecule has 2 aromatic rings. The number of thiazole rings is 1. The van der Waals surface area contributed by atoms with Crippen LogP contribution in [-0.4, -0.2) is 18.0 Å². The van der Waals surface area contributed by atoms with Crippen molar-refractivity contribution in [1.82, 2.24) is 4.98 Å². The van der Waals surface area contributed by atoms with Gasteiger partial charge in [0.2, 0.25) is 5.91 Å². The molecular formula is C17H22N2O2S. The van der Waals surface area contributed by atoms with Crippen molar-refractivity contribution in [3.8, 4) is 17.0 Å². The number of amides is 1. The first kappa shape index (κ1) is 16.5. The lowest BCUT2D eigenvalue weighted by atomic mass is 10.1. The second-order valence-electron chi connectivity index (χ2n) is 5.33. The highest BCUT2D eigenvalue weighted by Crippen LogP contribution is 2.31. The zero-order valence-electron chi connectivity index (χ0n) is 13.5. The molecule has 0 saturated carbocycles. The van der Waals surface area contributed by atoms with Crippen LogP contribution in [0.25, 0.3) is 11.3 Å². The number of hydrogen-bond donors (Lipinski definition) is 1. The van der Waals surface area contributed by atoms with Gasteiger partial charge in [-0.15, -0.1) is 11.3 Å². The Morgan fingerprint density at radius 1 is 1.36 bits per heavy atom. The first-order valence-electron chi connectivity index (χ1n) is 7.47. The number of nitrogens with zero attached hydrogens (tertiary/aromatic N) is 1. The summed E-state index contributed by atoms with van der Waals surface area (Å²) in [6.45, 7) is 6.05. The van der Waals surface area contributed by atoms with Gasteiger partial charge in [0.25, 0.3) is 0 Å². The number of carbonyl (C=O) groups is 1. The van der Waals surface area contributed by atoms with E-state index < -0.39 is 0 Å². The maximum Gasteiger partial charge on any atom is 0.228 e. The minimum absolute atomic E-state index is 0.0126. The standard InChI is InChI=1S/C17H22N2O2S/c1-5-6-11(2)16(20)19-17-18-15(12(3)22-17)13-7-9-14(21-4)10-8-13/h7-11H,5-6H2,1-4H3,(H,18,19,20). The topological polar surface area (TPSA) is 51.2 Å². The summed E-state index contributed by atoms with van der Waals surface area (Å²) in [6.07, 6.45) is 1.89. The average molecular weight is 318 g/mol. The normalized spacial score (nSPS) is 12.0. The number of anilines is 1. The molecule has 0 aliphatic heterocycles. The largest absolute Gasteiger partial charge is 0.497 e. The van der Waals surface area contributed by atoms with Crippen molar-refractivity contribution in [3.63, 3.8) is 0 Å². The van der Waals surface area contributed by atoms with Crippen molar-refractivity contribution >= 4 is 22.4 Å². The fraction of sp³-hybridized carbons (Fsp3) is 0.412. The van der Waals surface area contributed by atoms with Crippen molar-refractivity contribution in [3.05, 3.63) is 29.1 Å². The Morgan fingerprint density at radius 3 is 2.64 bits per heavy atom. The highest BCUT2D eigenvalue weighted by Gasteiger charge is 2.16. The molecule has 1 heterocycles. The van der Waals surface area contributed by atoms with Crippen LogP contribution in [0.5, 0.6) is 5.75 Å². The highest BCUT2D eigenvalue weighted by atomic mass is 32.1. The van der Waals surface area contributed by atoms with Crippen LogP contribution in [0.15, 0.2) is 24.3 Å². The number of ether oxygens (including phenoxy) is 1. The molecule has 1 atom stereocenters. The van der Waals surface area contributed by atoms with Crippen molar-refractivity contribution < 1.29 is 9.53 Å². The summed E-state index contributed by atoms with van der Waals surface area (Å²) in [4.78, 5) is 17.7. The van der Waals surface area contributed by atoms with Crippen LogP contribution in [0.1, 0.15) is 31.6 Å². The average Bonchev–Trinajstić information content (AvgIpc) is 2.88. The summed E-state index contributed by atoms with van der Waals surface area (Å²) in [5, 5.41) is 3.59. The summed E-state index contributed by atoms with van der Waals surface area (Å²) in [5.41, 5.74) is 1.93. The second kappa shape index (κ2) is 7.40. The minimum Gasteiger partial charge on any atom is -0.497 e. The van der Waals surface area contributed by atoms with Gasteiger partial charge in [0.1, 0.15) is 5.75 Å². The zero-order valence-corrected chi connectivity index (χ0v) is 14.3. The van der Waals surface area contributed by atoms with Crippen molar-refractivity contribution in [2.75, 3.05) is 12.4 Å². The van der Waals surface area contributed by atoms with Crippen LogP contribution in [0.4, 0.5) is 5.13 Å². The van der Waals surface area contributed by atoms with E-state index >= 15 is 0 Å². The molecule has 0 aliphatic carbocycles. The summed E-state index contributed by atoms with van der Waals surface area (Å²) in [5.74, 6) is 0.870. The summed E-state index contributed by atoms with van der Waals surface area (Å²) in [6, 6.07) is 7.78. The molecule has 118 valence electrons. The summed E-state index contributed by atoms with van der Waals surface area (Å²) >= 11 is 1.51. The molecule has 1 aromatic heterocycles. The molecular weight excluding hydrogens is 296 g/mol. The van der Waals surface area contributed by atoms with Crippen molar-refractivity contribution in [2.45, 2.75) is 33.6 Å². The third kappa shape index (κ3) is 3.85. The van der Waals surface area contributed by atoms with E-state index in [0.29, 0.717) is 5.13 Å². The number of carbonyl (C=O) groups excluding carboxylic acids is 1. The Balaban J connectivity index is 2.15. The maximum absolute atomic E-state index is 12.1. The maximum atomic E-state index is 12.1. The van der Waals surface area contributed by atoms with E-state index in [0.717, 1.165) is 34.7 Å². The first-order valence-corrected chi connectivity index (χ1v) is 8.29. The predicted octanol–water partition coefficient (Wildman–Crippen LogP) is 4.50. The predicted molar refractivity (Wildman–Crippen MR) is 91.5 cm³/mol. The van der Waals surface area contributed by atoms with Gasteiger partial charge in [-0.05, 0) is 37.6 Å². The summed E-state index contributed by atoms with van der Waals surface area (Å²) < 4.78 is 5.17. The Labute approximate surface area is 135 Å². The monoisotopic (exact) mass is 318 g/mol. The molecule has 1 aromatic carbocycles. The van der Waals surface area contributed by atoms with Crippen molar-refractivity contribution in [2.24, 2.45) is 5.92 Å².